The van der Waals surface area contributed by atoms with Crippen LogP contribution in [0, 0.1) is 0 Å². The van der Waals surface area contributed by atoms with E-state index < -0.39 is 56.6 Å². The molecule has 1 atom stereocenters. The molecule has 30 heavy (non-hydrogen) atoms. The number of rotatable bonds is 8. The number of sulfone groups is 1. The molecule has 0 bridgehead atoms. The van der Waals surface area contributed by atoms with Crippen molar-refractivity contribution in [2.75, 3.05) is 5.75 Å². The Balaban J connectivity index is 3.47. The van der Waals surface area contributed by atoms with Crippen molar-refractivity contribution in [2.24, 2.45) is 0 Å². The third-order valence-electron chi connectivity index (χ3n) is 3.79. The van der Waals surface area contributed by atoms with Gasteiger partial charge in [-0.15, -0.1) is 11.3 Å². The van der Waals surface area contributed by atoms with E-state index in [1.165, 1.54) is 11.4 Å². The second-order valence-electron chi connectivity index (χ2n) is 6.01. The third-order valence-corrected chi connectivity index (χ3v) is 6.87. The van der Waals surface area contributed by atoms with Crippen molar-refractivity contribution in [3.05, 3.63) is 22.4 Å². The maximum absolute atomic E-state index is 13.8. The zero-order valence-corrected chi connectivity index (χ0v) is 15.7. The zero-order chi connectivity index (χ0) is 24.2. The summed E-state index contributed by atoms with van der Waals surface area (Å²) in [5.74, 6) is -35.6. The van der Waals surface area contributed by atoms with Gasteiger partial charge < -0.3 is 0 Å². The molecule has 176 valence electrons. The van der Waals surface area contributed by atoms with Gasteiger partial charge in [0.2, 0.25) is 9.84 Å². The second-order valence-corrected chi connectivity index (χ2v) is 9.06. The molecule has 17 heteroatoms. The Morgan fingerprint density at radius 1 is 0.800 bits per heavy atom. The molecule has 1 aromatic heterocycles. The summed E-state index contributed by atoms with van der Waals surface area (Å²) in [5, 5.41) is -5.86. The van der Waals surface area contributed by atoms with E-state index in [-0.39, 0.29) is 4.88 Å². The van der Waals surface area contributed by atoms with E-state index >= 15 is 0 Å². The van der Waals surface area contributed by atoms with Crippen LogP contribution in [0.5, 0.6) is 0 Å². The Morgan fingerprint density at radius 3 is 1.60 bits per heavy atom. The minimum Gasteiger partial charge on any atom is -0.222 e. The smallest absolute Gasteiger partial charge is 0.222 e. The summed E-state index contributed by atoms with van der Waals surface area (Å²) in [6.45, 7) is 0.849. The molecular formula is C13H9F13O2S2. The van der Waals surface area contributed by atoms with Crippen LogP contribution in [0.25, 0.3) is 0 Å². The van der Waals surface area contributed by atoms with Gasteiger partial charge in [-0.3, -0.25) is 0 Å². The highest BCUT2D eigenvalue weighted by Gasteiger charge is 2.92. The van der Waals surface area contributed by atoms with Crippen LogP contribution in [-0.2, 0) is 9.84 Å². The predicted molar refractivity (Wildman–Crippen MR) is 77.3 cm³/mol. The lowest BCUT2D eigenvalue weighted by Gasteiger charge is -2.39. The van der Waals surface area contributed by atoms with E-state index in [2.05, 4.69) is 0 Å². The fourth-order valence-electron chi connectivity index (χ4n) is 2.04. The molecule has 0 aromatic carbocycles. The van der Waals surface area contributed by atoms with Crippen molar-refractivity contribution in [2.45, 2.75) is 48.0 Å². The number of hydrogen-bond acceptors (Lipinski definition) is 3. The van der Waals surface area contributed by atoms with Crippen molar-refractivity contribution in [1.82, 2.24) is 0 Å². The van der Waals surface area contributed by atoms with Crippen LogP contribution in [0.3, 0.4) is 0 Å². The van der Waals surface area contributed by atoms with Gasteiger partial charge in [-0.2, -0.15) is 57.1 Å². The van der Waals surface area contributed by atoms with Crippen LogP contribution >= 0.6 is 11.3 Å². The molecule has 0 amide bonds. The van der Waals surface area contributed by atoms with E-state index in [1.807, 2.05) is 0 Å². The van der Waals surface area contributed by atoms with Gasteiger partial charge in [0, 0.05) is 10.8 Å². The van der Waals surface area contributed by atoms with E-state index in [1.54, 1.807) is 0 Å². The Kier molecular flexibility index (Phi) is 6.61. The second kappa shape index (κ2) is 7.41. The fraction of sp³-hybridized carbons (Fsp3) is 0.692. The first-order chi connectivity index (χ1) is 13.0. The summed E-state index contributed by atoms with van der Waals surface area (Å²) >= 11 is 0.717. The maximum Gasteiger partial charge on any atom is 0.460 e. The molecule has 0 N–H and O–H groups in total. The summed E-state index contributed by atoms with van der Waals surface area (Å²) in [4.78, 5) is -0.0432. The number of halogens is 13. The van der Waals surface area contributed by atoms with Crippen LogP contribution in [-0.4, -0.2) is 49.3 Å². The number of thiophene rings is 1. The molecule has 0 aliphatic rings. The Morgan fingerprint density at radius 2 is 1.23 bits per heavy atom. The highest BCUT2D eigenvalue weighted by atomic mass is 32.2. The molecule has 0 saturated carbocycles. The molecule has 0 aliphatic heterocycles. The van der Waals surface area contributed by atoms with Crippen molar-refractivity contribution >= 4 is 21.2 Å². The Bertz CT molecular complexity index is 841. The normalized spacial score (nSPS) is 16.6. The lowest BCUT2D eigenvalue weighted by molar-refractivity contribution is -0.433. The first-order valence-electron chi connectivity index (χ1n) is 7.20. The highest BCUT2D eigenvalue weighted by Crippen LogP contribution is 2.61. The van der Waals surface area contributed by atoms with Gasteiger partial charge in [0.05, 0.1) is 5.75 Å². The maximum atomic E-state index is 13.8. The SMILES string of the molecule is CC(CS(=O)(=O)C(F)(F)C(F)(F)C(F)(F)C(F)(F)C(F)(F)C(F)(F)F)c1cccs1. The molecule has 0 saturated heterocycles. The van der Waals surface area contributed by atoms with Crippen molar-refractivity contribution in [1.29, 1.82) is 0 Å². The molecule has 0 aliphatic carbocycles. The van der Waals surface area contributed by atoms with Crippen LogP contribution in [0.15, 0.2) is 17.5 Å². The van der Waals surface area contributed by atoms with Crippen molar-refractivity contribution in [3.63, 3.8) is 0 Å². The quantitative estimate of drug-likeness (QED) is 0.406. The van der Waals surface area contributed by atoms with Crippen LogP contribution in [0.4, 0.5) is 57.1 Å². The minimum atomic E-state index is -8.14. The molecule has 1 aromatic rings. The molecular weight excluding hydrogens is 499 g/mol. The molecule has 0 fully saturated rings. The zero-order valence-electron chi connectivity index (χ0n) is 14.1. The standard InChI is InChI=1S/C13H9F13O2S2/c1-6(7-3-2-4-29-7)5-30(27,28)13(25,26)11(20,21)9(16,17)8(14,15)10(18,19)12(22,23)24/h2-4,6H,5H2,1H3. The van der Waals surface area contributed by atoms with Gasteiger partial charge in [-0.05, 0) is 11.4 Å². The van der Waals surface area contributed by atoms with Crippen LogP contribution < -0.4 is 0 Å². The van der Waals surface area contributed by atoms with E-state index in [0.717, 1.165) is 13.0 Å². The average molecular weight is 508 g/mol. The van der Waals surface area contributed by atoms with Gasteiger partial charge in [-0.1, -0.05) is 13.0 Å². The van der Waals surface area contributed by atoms with Gasteiger partial charge in [0.1, 0.15) is 0 Å². The van der Waals surface area contributed by atoms with Crippen LogP contribution in [0.2, 0.25) is 0 Å². The topological polar surface area (TPSA) is 34.1 Å². The van der Waals surface area contributed by atoms with E-state index in [9.17, 15) is 65.5 Å². The van der Waals surface area contributed by atoms with E-state index in [4.69, 9.17) is 0 Å². The van der Waals surface area contributed by atoms with Gasteiger partial charge in [0.25, 0.3) is 0 Å². The summed E-state index contributed by atoms with van der Waals surface area (Å²) in [6, 6.07) is 2.37. The first kappa shape index (κ1) is 26.8. The highest BCUT2D eigenvalue weighted by molar-refractivity contribution is 7.92. The molecule has 2 nitrogen and oxygen atoms in total. The van der Waals surface area contributed by atoms with Gasteiger partial charge in [0.15, 0.2) is 0 Å². The Labute approximate surface area is 163 Å². The predicted octanol–water partition coefficient (Wildman–Crippen LogP) is 5.96. The Hall–Kier alpha value is -1.26. The summed E-state index contributed by atoms with van der Waals surface area (Å²) < 4.78 is 193. The molecule has 1 heterocycles. The minimum absolute atomic E-state index is 0.0432. The van der Waals surface area contributed by atoms with Gasteiger partial charge in [-0.25, -0.2) is 8.42 Å². The average Bonchev–Trinajstić information content (AvgIpc) is 3.06. The number of hydrogen-bond donors (Lipinski definition) is 0. The fourth-order valence-corrected chi connectivity index (χ4v) is 4.50. The lowest BCUT2D eigenvalue weighted by atomic mass is 9.98. The largest absolute Gasteiger partial charge is 0.460 e. The first-order valence-corrected chi connectivity index (χ1v) is 9.73. The molecule has 0 spiro atoms. The van der Waals surface area contributed by atoms with Crippen molar-refractivity contribution in [3.8, 4) is 0 Å². The third kappa shape index (κ3) is 3.75. The summed E-state index contributed by atoms with van der Waals surface area (Å²) in [6.07, 6.45) is -7.56. The molecule has 1 unspecified atom stereocenters. The lowest BCUT2D eigenvalue weighted by Crippen LogP contribution is -2.71. The summed E-state index contributed by atoms with van der Waals surface area (Å²) in [7, 11) is -6.78. The molecule has 1 rings (SSSR count). The monoisotopic (exact) mass is 508 g/mol. The van der Waals surface area contributed by atoms with Crippen molar-refractivity contribution < 1.29 is 65.5 Å². The van der Waals surface area contributed by atoms with Crippen LogP contribution in [0.1, 0.15) is 17.7 Å². The van der Waals surface area contributed by atoms with E-state index in [0.29, 0.717) is 11.3 Å². The molecule has 0 radical (unpaired) electrons. The summed E-state index contributed by atoms with van der Waals surface area (Å²) in [5.41, 5.74) is 0. The number of alkyl halides is 13. The van der Waals surface area contributed by atoms with Gasteiger partial charge >= 0.3 is 35.1 Å².